The summed E-state index contributed by atoms with van der Waals surface area (Å²) in [5, 5.41) is 0. The summed E-state index contributed by atoms with van der Waals surface area (Å²) in [5.41, 5.74) is 1.25. The van der Waals surface area contributed by atoms with Gasteiger partial charge < -0.3 is 8.94 Å². The lowest BCUT2D eigenvalue weighted by atomic mass is 10.2. The van der Waals surface area contributed by atoms with E-state index >= 15 is 0 Å². The molecule has 0 saturated carbocycles. The highest BCUT2D eigenvalue weighted by Gasteiger charge is 2.13. The van der Waals surface area contributed by atoms with Crippen LogP contribution in [0.2, 0.25) is 0 Å². The van der Waals surface area contributed by atoms with Crippen molar-refractivity contribution < 1.29 is 8.94 Å². The zero-order valence-electron chi connectivity index (χ0n) is 11.3. The van der Waals surface area contributed by atoms with E-state index in [-0.39, 0.29) is 0 Å². The number of rotatable bonds is 8. The normalized spacial score (nSPS) is 12.6. The van der Waals surface area contributed by atoms with Crippen molar-refractivity contribution >= 4 is 8.96 Å². The van der Waals surface area contributed by atoms with Gasteiger partial charge in [0.15, 0.2) is 0 Å². The van der Waals surface area contributed by atoms with Gasteiger partial charge >= 0.3 is 0 Å². The average Bonchev–Trinajstić information content (AvgIpc) is 2.74. The third-order valence-corrected chi connectivity index (χ3v) is 4.15. The first-order chi connectivity index (χ1) is 8.11. The Morgan fingerprint density at radius 3 is 2.53 bits per heavy atom. The van der Waals surface area contributed by atoms with Gasteiger partial charge in [0, 0.05) is 12.1 Å². The van der Waals surface area contributed by atoms with E-state index in [0.29, 0.717) is 21.0 Å². The highest BCUT2D eigenvalue weighted by Crippen LogP contribution is 2.25. The van der Waals surface area contributed by atoms with E-state index in [0.717, 1.165) is 19.4 Å². The Morgan fingerprint density at radius 1 is 1.29 bits per heavy atom. The summed E-state index contributed by atoms with van der Waals surface area (Å²) in [5.74, 6) is 0. The Hall–Kier alpha value is -0.370. The second-order valence-corrected chi connectivity index (χ2v) is 5.76. The van der Waals surface area contributed by atoms with Gasteiger partial charge in [0.1, 0.15) is 0 Å². The largest absolute Gasteiger partial charge is 0.472 e. The molecule has 0 aromatic carbocycles. The zero-order valence-corrected chi connectivity index (χ0v) is 12.3. The van der Waals surface area contributed by atoms with Crippen molar-refractivity contribution in [2.45, 2.75) is 52.6 Å². The molecule has 0 spiro atoms. The fourth-order valence-electron chi connectivity index (χ4n) is 1.71. The second-order valence-electron chi connectivity index (χ2n) is 4.77. The predicted molar refractivity (Wildman–Crippen MR) is 73.4 cm³/mol. The molecule has 0 bridgehead atoms. The minimum Gasteiger partial charge on any atom is -0.472 e. The first-order valence-corrected chi connectivity index (χ1v) is 7.13. The Kier molecular flexibility index (Phi) is 6.79. The van der Waals surface area contributed by atoms with Crippen LogP contribution in [-0.4, -0.2) is 23.4 Å². The van der Waals surface area contributed by atoms with Gasteiger partial charge in [-0.1, -0.05) is 0 Å². The van der Waals surface area contributed by atoms with E-state index < -0.39 is 0 Å². The van der Waals surface area contributed by atoms with Gasteiger partial charge in [-0.3, -0.25) is 4.67 Å². The molecule has 98 valence electrons. The summed E-state index contributed by atoms with van der Waals surface area (Å²) in [6.07, 6.45) is 5.61. The van der Waals surface area contributed by atoms with Crippen LogP contribution < -0.4 is 0 Å². The molecule has 0 saturated heterocycles. The third-order valence-electron chi connectivity index (χ3n) is 2.57. The molecular formula is C13H24NO2P. The first kappa shape index (κ1) is 14.7. The van der Waals surface area contributed by atoms with Crippen molar-refractivity contribution in [1.82, 2.24) is 4.67 Å². The van der Waals surface area contributed by atoms with Crippen LogP contribution in [0.15, 0.2) is 23.0 Å². The van der Waals surface area contributed by atoms with Crippen LogP contribution in [0.25, 0.3) is 0 Å². The fourth-order valence-corrected chi connectivity index (χ4v) is 2.52. The average molecular weight is 257 g/mol. The molecule has 1 aromatic rings. The highest BCUT2D eigenvalue weighted by atomic mass is 31.1. The molecule has 0 aliphatic rings. The van der Waals surface area contributed by atoms with Gasteiger partial charge in [-0.15, -0.1) is 0 Å². The van der Waals surface area contributed by atoms with Gasteiger partial charge in [-0.25, -0.2) is 0 Å². The Labute approximate surface area is 106 Å². The van der Waals surface area contributed by atoms with E-state index in [1.54, 1.807) is 12.5 Å². The molecule has 0 aliphatic heterocycles. The van der Waals surface area contributed by atoms with Crippen LogP contribution in [-0.2, 0) is 10.9 Å². The minimum atomic E-state index is 0.469. The Balaban J connectivity index is 2.10. The Bertz CT molecular complexity index is 278. The van der Waals surface area contributed by atoms with Crippen LogP contribution in [0.4, 0.5) is 0 Å². The maximum Gasteiger partial charge on any atom is 0.0934 e. The van der Waals surface area contributed by atoms with Crippen LogP contribution in [0.3, 0.4) is 0 Å². The molecule has 0 fully saturated rings. The second kappa shape index (κ2) is 7.86. The van der Waals surface area contributed by atoms with Crippen LogP contribution >= 0.6 is 8.96 Å². The van der Waals surface area contributed by atoms with E-state index in [1.165, 1.54) is 5.56 Å². The van der Waals surface area contributed by atoms with Crippen molar-refractivity contribution in [3.05, 3.63) is 24.2 Å². The van der Waals surface area contributed by atoms with E-state index in [2.05, 4.69) is 32.4 Å². The molecule has 4 heteroatoms. The summed E-state index contributed by atoms with van der Waals surface area (Å²) in [4.78, 5) is 0. The molecule has 1 aromatic heterocycles. The number of furan rings is 1. The topological polar surface area (TPSA) is 25.6 Å². The SMILES string of the molecule is CC(C)N(POCCCc1ccoc1)C(C)C. The van der Waals surface area contributed by atoms with Crippen molar-refractivity contribution in [2.75, 3.05) is 6.61 Å². The summed E-state index contributed by atoms with van der Waals surface area (Å²) in [6.45, 7) is 9.66. The van der Waals surface area contributed by atoms with E-state index in [4.69, 9.17) is 8.94 Å². The highest BCUT2D eigenvalue weighted by molar-refractivity contribution is 7.29. The molecule has 1 rings (SSSR count). The number of hydrogen-bond acceptors (Lipinski definition) is 3. The van der Waals surface area contributed by atoms with Gasteiger partial charge in [0.05, 0.1) is 28.1 Å². The molecule has 17 heavy (non-hydrogen) atoms. The molecule has 1 unspecified atom stereocenters. The van der Waals surface area contributed by atoms with Gasteiger partial charge in [-0.2, -0.15) is 0 Å². The molecule has 0 radical (unpaired) electrons. The van der Waals surface area contributed by atoms with Gasteiger partial charge in [0.2, 0.25) is 0 Å². The molecule has 1 heterocycles. The standard InChI is InChI=1S/C13H24NO2P/c1-11(2)14(12(3)4)17-16-8-5-6-13-7-9-15-10-13/h7,9-12,17H,5-6,8H2,1-4H3. The smallest absolute Gasteiger partial charge is 0.0934 e. The number of hydrogen-bond donors (Lipinski definition) is 0. The fraction of sp³-hybridized carbons (Fsp3) is 0.692. The van der Waals surface area contributed by atoms with Gasteiger partial charge in [0.25, 0.3) is 0 Å². The first-order valence-electron chi connectivity index (χ1n) is 6.28. The summed E-state index contributed by atoms with van der Waals surface area (Å²) >= 11 is 0. The quantitative estimate of drug-likeness (QED) is 0.522. The van der Waals surface area contributed by atoms with Crippen molar-refractivity contribution in [3.63, 3.8) is 0 Å². The lowest BCUT2D eigenvalue weighted by molar-refractivity contribution is 0.265. The maximum atomic E-state index is 5.74. The molecule has 3 nitrogen and oxygen atoms in total. The molecule has 0 N–H and O–H groups in total. The Morgan fingerprint density at radius 2 is 2.00 bits per heavy atom. The van der Waals surface area contributed by atoms with Gasteiger partial charge in [-0.05, 0) is 52.2 Å². The molecular weight excluding hydrogens is 233 g/mol. The molecule has 1 atom stereocenters. The minimum absolute atomic E-state index is 0.469. The predicted octanol–water partition coefficient (Wildman–Crippen LogP) is 3.86. The molecule has 0 aliphatic carbocycles. The van der Waals surface area contributed by atoms with Crippen molar-refractivity contribution in [3.8, 4) is 0 Å². The lowest BCUT2D eigenvalue weighted by Gasteiger charge is -2.29. The monoisotopic (exact) mass is 257 g/mol. The van der Waals surface area contributed by atoms with Crippen LogP contribution in [0, 0.1) is 0 Å². The van der Waals surface area contributed by atoms with Crippen LogP contribution in [0.1, 0.15) is 39.7 Å². The maximum absolute atomic E-state index is 5.74. The van der Waals surface area contributed by atoms with E-state index in [1.807, 2.05) is 6.07 Å². The van der Waals surface area contributed by atoms with E-state index in [9.17, 15) is 0 Å². The third kappa shape index (κ3) is 5.67. The molecule has 0 amide bonds. The summed E-state index contributed by atoms with van der Waals surface area (Å²) in [7, 11) is 0.469. The lowest BCUT2D eigenvalue weighted by Crippen LogP contribution is -2.29. The number of aryl methyl sites for hydroxylation is 1. The zero-order chi connectivity index (χ0) is 12.7. The van der Waals surface area contributed by atoms with Crippen molar-refractivity contribution in [2.24, 2.45) is 0 Å². The summed E-state index contributed by atoms with van der Waals surface area (Å²) < 4.78 is 13.1. The van der Waals surface area contributed by atoms with Crippen LogP contribution in [0.5, 0.6) is 0 Å². The summed E-state index contributed by atoms with van der Waals surface area (Å²) in [6, 6.07) is 3.10. The number of nitrogens with zero attached hydrogens (tertiary/aromatic N) is 1. The van der Waals surface area contributed by atoms with Crippen molar-refractivity contribution in [1.29, 1.82) is 0 Å².